The second-order valence-electron chi connectivity index (χ2n) is 29.0. The maximum atomic E-state index is 12.7. The van der Waals surface area contributed by atoms with E-state index in [1.807, 2.05) is 152 Å². The van der Waals surface area contributed by atoms with Gasteiger partial charge in [-0.1, -0.05) is 199 Å². The zero-order valence-electron chi connectivity index (χ0n) is 72.5. The van der Waals surface area contributed by atoms with Crippen LogP contribution in [0.25, 0.3) is 55.2 Å². The Labute approximate surface area is 830 Å². The number of alkyl halides is 4. The monoisotopic (exact) mass is 1950 g/mol. The molecule has 0 saturated carbocycles. The number of fused-ring (bicyclic) bond motifs is 4. The number of ether oxygens (including phenoxy) is 3. The zero-order chi connectivity index (χ0) is 89.3. The fourth-order valence-electron chi connectivity index (χ4n) is 12.2. The van der Waals surface area contributed by atoms with E-state index in [0.29, 0.717) is 139 Å². The van der Waals surface area contributed by atoms with Crippen molar-refractivity contribution in [1.29, 1.82) is 0 Å². The van der Waals surface area contributed by atoms with Gasteiger partial charge in [0.2, 0.25) is 0 Å². The van der Waals surface area contributed by atoms with E-state index in [1.54, 1.807) is 41.7 Å². The van der Waals surface area contributed by atoms with Crippen molar-refractivity contribution in [2.75, 3.05) is 31.8 Å². The minimum atomic E-state index is -4.34. The van der Waals surface area contributed by atoms with Crippen molar-refractivity contribution >= 4 is 117 Å². The molecule has 0 spiro atoms. The summed E-state index contributed by atoms with van der Waals surface area (Å²) in [6.07, 6.45) is -4.34. The normalized spacial score (nSPS) is 12.5. The molecule has 0 radical (unpaired) electrons. The molecular formula is C87H95BBr3F3K2N16O13. The molecule has 1 saturated heterocycles. The number of aliphatic hydroxyl groups is 1. The number of aliphatic hydroxyl groups excluding tert-OH is 1. The summed E-state index contributed by atoms with van der Waals surface area (Å²) >= 11 is 9.84. The number of benzene rings is 6. The molecule has 1 unspecified atom stereocenters. The molecule has 648 valence electrons. The third-order valence-corrected chi connectivity index (χ3v) is 20.6. The number of hydrogen-bond donors (Lipinski definition) is 6. The van der Waals surface area contributed by atoms with E-state index >= 15 is 0 Å². The van der Waals surface area contributed by atoms with Crippen molar-refractivity contribution < 1.29 is 161 Å². The quantitative estimate of drug-likeness (QED) is 0.00872. The predicted octanol–water partition coefficient (Wildman–Crippen LogP) is 8.52. The van der Waals surface area contributed by atoms with Gasteiger partial charge in [0.25, 0.3) is 28.7 Å². The summed E-state index contributed by atoms with van der Waals surface area (Å²) in [5, 5.41) is 38.5. The van der Waals surface area contributed by atoms with Gasteiger partial charge in [-0.2, -0.15) is 33.6 Å². The van der Waals surface area contributed by atoms with E-state index in [1.165, 1.54) is 28.8 Å². The molecule has 14 aromatic rings. The van der Waals surface area contributed by atoms with E-state index in [4.69, 9.17) is 33.6 Å². The minimum Gasteiger partial charge on any atom is -1.00 e. The van der Waals surface area contributed by atoms with Gasteiger partial charge in [-0.15, -0.1) is 0 Å². The van der Waals surface area contributed by atoms with Crippen LogP contribution in [0.2, 0.25) is 0 Å². The standard InChI is InChI=1S/C24H24N4O2.C17H20N4O2.C15H18BF3O2.C15H15BrN4O2.C9H11BrO.C6H5BrN4O.CH2O3.2K.H/c1-16-9-11-20(12-10-16)17(2)21-22-23(24(29)26-18(3)25-22)28(27-21)13-14-30-15-19-7-5-4-6-8-19;1-10-4-6-13(7-5-10)11(2)14-15-16(21(20-14)8-9-22)17(23)19-12(3)18-15;1-10(16-20-13(2,3)14(4,5)21-16)11-6-8-12(9-7-11)15(17,18)19;1-10-17-12-13(15(21)18-10)20(19-14(12)16)7-8-22-9-11-5-3-2-4-6-11;10-6-7-11-8-9-4-2-1-3-5-9;1-2-8-3-4(6(12)9-2)10-11-5(3)7;2-1-4-3;;;/h4-12H,2,13-15H2,1,3H3,(H,25,26,29);4-7,11,22H,8-9H2,1-3H3,(H,18,19,23);6-9H,1H2,2-5H3;2-6H,7-9H2,1H3,(H,17,18,21);1-5H,6-8H2;1H3,(H,10,11)(H,8,9,12);1,3H;;;/q;;;;;;;2*+1;-1/p-1. The molecule has 1 aliphatic rings. The van der Waals surface area contributed by atoms with Gasteiger partial charge in [0.05, 0.1) is 88.3 Å². The van der Waals surface area contributed by atoms with E-state index in [0.717, 1.165) is 57.6 Å². The van der Waals surface area contributed by atoms with Crippen LogP contribution in [0.4, 0.5) is 13.2 Å². The first-order valence-electron chi connectivity index (χ1n) is 38.6. The fraction of sp³-hybridized carbons (Fsp3) is 0.299. The first-order valence-corrected chi connectivity index (χ1v) is 41.3. The Hall–Kier alpha value is -8.04. The van der Waals surface area contributed by atoms with Crippen LogP contribution in [0.1, 0.15) is 127 Å². The summed E-state index contributed by atoms with van der Waals surface area (Å²) in [5.74, 6) is 2.26. The molecule has 6 aromatic carbocycles. The predicted molar refractivity (Wildman–Crippen MR) is 475 cm³/mol. The average molecular weight is 1960 g/mol. The first kappa shape index (κ1) is 104. The molecule has 9 heterocycles. The Morgan fingerprint density at radius 3 is 1.42 bits per heavy atom. The number of aromatic amines is 5. The Kier molecular flexibility index (Phi) is 41.2. The SMILES string of the molecule is BrCCOCc1ccccc1.C=C(B1OC(C)(C)C(C)(C)O1)c1ccc(C(F)(F)F)cc1.C=C(c1ccc(C)cc1)c1nn(CCOCc2ccccc2)c2c(=O)[nH]c(C)nc12.Cc1ccc(C(C)c2nn(CCO)c3c(=O)[nH]c(C)nc23)cc1.Cc1nc2c(Br)[nH]nc2c(=O)[nH]1.Cc1nc2c(Br)nn(CCOCc3ccccc3)c2c(=O)[nH]1.O=CO[O-].[H-].[K+].[K+]. The molecule has 6 N–H and O–H groups in total. The number of halogens is 6. The van der Waals surface area contributed by atoms with E-state index < -0.39 is 30.1 Å². The third kappa shape index (κ3) is 29.2. The number of nitrogens with zero attached hydrogens (tertiary/aromatic N) is 11. The Balaban J connectivity index is 0.000000236. The van der Waals surface area contributed by atoms with Crippen LogP contribution in [0.15, 0.2) is 205 Å². The molecule has 1 fully saturated rings. The van der Waals surface area contributed by atoms with Crippen molar-refractivity contribution in [2.24, 2.45) is 0 Å². The number of rotatable bonds is 23. The van der Waals surface area contributed by atoms with Gasteiger partial charge in [0.1, 0.15) is 55.7 Å². The number of H-pyrrole nitrogens is 5. The second kappa shape index (κ2) is 49.5. The van der Waals surface area contributed by atoms with Crippen LogP contribution < -0.4 is 130 Å². The number of hydrogen-bond acceptors (Lipinski definition) is 21. The molecule has 1 atom stereocenters. The molecule has 125 heavy (non-hydrogen) atoms. The molecule has 8 aromatic heterocycles. The van der Waals surface area contributed by atoms with Gasteiger partial charge < -0.3 is 60.1 Å². The smallest absolute Gasteiger partial charge is 1.00 e. The summed E-state index contributed by atoms with van der Waals surface area (Å²) < 4.78 is 72.1. The molecule has 38 heteroatoms. The Morgan fingerprint density at radius 2 is 0.960 bits per heavy atom. The molecule has 15 rings (SSSR count). The van der Waals surface area contributed by atoms with Crippen LogP contribution in [-0.2, 0) is 78.8 Å². The van der Waals surface area contributed by atoms with E-state index in [2.05, 4.69) is 168 Å². The van der Waals surface area contributed by atoms with Crippen molar-refractivity contribution in [3.05, 3.63) is 312 Å². The summed E-state index contributed by atoms with van der Waals surface area (Å²) in [7, 11) is -0.660. The maximum absolute atomic E-state index is 12.7. The average Bonchev–Trinajstić information content (AvgIpc) is 1.62. The Morgan fingerprint density at radius 1 is 0.560 bits per heavy atom. The summed E-state index contributed by atoms with van der Waals surface area (Å²) in [6, 6.07) is 51.3. The number of carbonyl (C=O) groups is 1. The Bertz CT molecular complexity index is 6120. The van der Waals surface area contributed by atoms with Gasteiger partial charge in [0, 0.05) is 16.8 Å². The fourth-order valence-corrected chi connectivity index (χ4v) is 13.3. The minimum absolute atomic E-state index is 0. The molecular weight excluding hydrogens is 1860 g/mol. The summed E-state index contributed by atoms with van der Waals surface area (Å²) in [4.78, 5) is 87.6. The zero-order valence-corrected chi connectivity index (χ0v) is 82.6. The first-order chi connectivity index (χ1) is 58.6. The topological polar surface area (TPSA) is 381 Å². The number of carbonyl (C=O) groups excluding carboxylic acids is 1. The van der Waals surface area contributed by atoms with Gasteiger partial charge in [-0.25, -0.2) is 19.9 Å². The van der Waals surface area contributed by atoms with Crippen LogP contribution in [0, 0.1) is 41.5 Å². The maximum Gasteiger partial charge on any atom is 1.00 e. The van der Waals surface area contributed by atoms with E-state index in [9.17, 15) is 37.5 Å². The van der Waals surface area contributed by atoms with Crippen LogP contribution in [-0.4, -0.2) is 141 Å². The van der Waals surface area contributed by atoms with Gasteiger partial charge >= 0.3 is 116 Å². The van der Waals surface area contributed by atoms with Crippen LogP contribution in [0.5, 0.6) is 0 Å². The van der Waals surface area contributed by atoms with Crippen molar-refractivity contribution in [3.8, 4) is 0 Å². The summed E-state index contributed by atoms with van der Waals surface area (Å²) in [6.45, 7) is 33.2. The van der Waals surface area contributed by atoms with Crippen LogP contribution in [0.3, 0.4) is 0 Å². The molecule has 0 amide bonds. The van der Waals surface area contributed by atoms with E-state index in [-0.39, 0.29) is 152 Å². The second-order valence-corrected chi connectivity index (χ2v) is 31.3. The molecule has 1 aliphatic heterocycles. The van der Waals surface area contributed by atoms with Gasteiger partial charge in [0.15, 0.2) is 26.7 Å². The summed E-state index contributed by atoms with van der Waals surface area (Å²) in [5.41, 5.74) is 12.5. The number of aromatic nitrogens is 16. The largest absolute Gasteiger partial charge is 1.00 e. The van der Waals surface area contributed by atoms with Gasteiger partial charge in [-0.05, 0) is 152 Å². The molecule has 0 aliphatic carbocycles. The molecule has 29 nitrogen and oxygen atoms in total. The third-order valence-electron chi connectivity index (χ3n) is 19.2. The van der Waals surface area contributed by atoms with Crippen molar-refractivity contribution in [2.45, 2.75) is 139 Å². The van der Waals surface area contributed by atoms with Crippen molar-refractivity contribution in [1.82, 2.24) is 79.4 Å². The van der Waals surface area contributed by atoms with Crippen LogP contribution >= 0.6 is 47.8 Å². The number of nitrogens with one attached hydrogen (secondary N) is 5. The molecule has 0 bridgehead atoms. The van der Waals surface area contributed by atoms with Gasteiger partial charge in [-0.3, -0.25) is 43.1 Å². The number of aryl methyl sites for hydroxylation is 6. The van der Waals surface area contributed by atoms with Crippen molar-refractivity contribution in [3.63, 3.8) is 0 Å².